The standard InChI is InChI=1S/C10H13ClN2O4.C8H12N2O3/c1-16-12-5-8-3-2-4-13(6-8)10(15)17-7-9(11)14;1-13-9-5-7-3-2-4-10(6-7)8(11)12/h3,5H,2,4,6-7H2,1H3;3,5H,2,4,6H2,1H3,(H,11,12). The lowest BCUT2D eigenvalue weighted by atomic mass is 10.1. The number of rotatable bonds is 6. The predicted octanol–water partition coefficient (Wildman–Crippen LogP) is 2.08. The molecule has 0 aliphatic carbocycles. The summed E-state index contributed by atoms with van der Waals surface area (Å²) in [5.74, 6) is 0. The van der Waals surface area contributed by atoms with Gasteiger partial charge in [-0.2, -0.15) is 0 Å². The van der Waals surface area contributed by atoms with Crippen molar-refractivity contribution in [1.29, 1.82) is 0 Å². The van der Waals surface area contributed by atoms with Crippen LogP contribution in [0.25, 0.3) is 0 Å². The van der Waals surface area contributed by atoms with Crippen molar-refractivity contribution in [2.45, 2.75) is 12.8 Å². The molecule has 0 saturated carbocycles. The first-order valence-electron chi connectivity index (χ1n) is 8.96. The summed E-state index contributed by atoms with van der Waals surface area (Å²) in [4.78, 5) is 44.4. The number of hydrogen-bond acceptors (Lipinski definition) is 8. The van der Waals surface area contributed by atoms with Crippen molar-refractivity contribution >= 4 is 41.5 Å². The summed E-state index contributed by atoms with van der Waals surface area (Å²) in [6.45, 7) is 1.45. The summed E-state index contributed by atoms with van der Waals surface area (Å²) in [5, 5.41) is 15.2. The number of ether oxygens (including phenoxy) is 1. The molecule has 30 heavy (non-hydrogen) atoms. The molecule has 1 N–H and O–H groups in total. The molecule has 0 aromatic heterocycles. The Hall–Kier alpha value is -3.08. The van der Waals surface area contributed by atoms with Crippen molar-refractivity contribution < 1.29 is 33.9 Å². The van der Waals surface area contributed by atoms with Crippen LogP contribution in [0.15, 0.2) is 33.6 Å². The predicted molar refractivity (Wildman–Crippen MR) is 110 cm³/mol. The highest BCUT2D eigenvalue weighted by Crippen LogP contribution is 2.10. The smallest absolute Gasteiger partial charge is 0.410 e. The number of oxime groups is 2. The molecular formula is C18H25ClN4O7. The van der Waals surface area contributed by atoms with Gasteiger partial charge >= 0.3 is 12.2 Å². The van der Waals surface area contributed by atoms with E-state index in [1.165, 1.54) is 36.4 Å². The molecule has 0 bridgehead atoms. The van der Waals surface area contributed by atoms with E-state index in [4.69, 9.17) is 21.4 Å². The maximum absolute atomic E-state index is 11.5. The quantitative estimate of drug-likeness (QED) is 0.377. The Morgan fingerprint density at radius 2 is 1.53 bits per heavy atom. The molecule has 0 fully saturated rings. The lowest BCUT2D eigenvalue weighted by Gasteiger charge is -2.24. The Labute approximate surface area is 179 Å². The highest BCUT2D eigenvalue weighted by molar-refractivity contribution is 6.64. The number of nitrogens with zero attached hydrogens (tertiary/aromatic N) is 4. The molecule has 0 spiro atoms. The van der Waals surface area contributed by atoms with Gasteiger partial charge in [0, 0.05) is 13.1 Å². The fourth-order valence-corrected chi connectivity index (χ4v) is 2.55. The van der Waals surface area contributed by atoms with Gasteiger partial charge in [0.25, 0.3) is 5.24 Å². The van der Waals surface area contributed by atoms with Crippen molar-refractivity contribution in [3.05, 3.63) is 23.3 Å². The van der Waals surface area contributed by atoms with Crippen molar-refractivity contribution in [2.75, 3.05) is 47.0 Å². The molecule has 0 unspecified atom stereocenters. The van der Waals surface area contributed by atoms with E-state index in [9.17, 15) is 14.4 Å². The van der Waals surface area contributed by atoms with Gasteiger partial charge < -0.3 is 29.3 Å². The van der Waals surface area contributed by atoms with Crippen LogP contribution in [0.1, 0.15) is 12.8 Å². The zero-order valence-corrected chi connectivity index (χ0v) is 17.6. The number of hydrogen-bond donors (Lipinski definition) is 1. The summed E-state index contributed by atoms with van der Waals surface area (Å²) in [5.41, 5.74) is 1.72. The van der Waals surface area contributed by atoms with Gasteiger partial charge in [-0.15, -0.1) is 0 Å². The van der Waals surface area contributed by atoms with Crippen LogP contribution in [-0.4, -0.2) is 91.8 Å². The lowest BCUT2D eigenvalue weighted by Crippen LogP contribution is -2.37. The van der Waals surface area contributed by atoms with E-state index in [-0.39, 0.29) is 0 Å². The average Bonchev–Trinajstić information content (AvgIpc) is 2.75. The molecule has 0 atom stereocenters. The monoisotopic (exact) mass is 444 g/mol. The van der Waals surface area contributed by atoms with Crippen LogP contribution in [0.3, 0.4) is 0 Å². The first-order valence-corrected chi connectivity index (χ1v) is 9.34. The normalized spacial score (nSPS) is 16.4. The van der Waals surface area contributed by atoms with Crippen LogP contribution in [0, 0.1) is 0 Å². The largest absolute Gasteiger partial charge is 0.465 e. The second-order valence-electron chi connectivity index (χ2n) is 6.00. The van der Waals surface area contributed by atoms with Crippen LogP contribution in [0.2, 0.25) is 0 Å². The number of carbonyl (C=O) groups excluding carboxylic acids is 2. The average molecular weight is 445 g/mol. The Morgan fingerprint density at radius 3 is 2.00 bits per heavy atom. The van der Waals surface area contributed by atoms with Gasteiger partial charge in [-0.3, -0.25) is 4.79 Å². The molecule has 0 aromatic carbocycles. The summed E-state index contributed by atoms with van der Waals surface area (Å²) in [6.07, 6.45) is 6.97. The van der Waals surface area contributed by atoms with Crippen LogP contribution >= 0.6 is 11.6 Å². The first kappa shape index (κ1) is 25.0. The topological polar surface area (TPSA) is 130 Å². The maximum atomic E-state index is 11.5. The van der Waals surface area contributed by atoms with Gasteiger partial charge in [0.05, 0.1) is 25.5 Å². The zero-order valence-electron chi connectivity index (χ0n) is 16.8. The van der Waals surface area contributed by atoms with Crippen LogP contribution < -0.4 is 0 Å². The molecule has 0 saturated heterocycles. The minimum atomic E-state index is -0.892. The summed E-state index contributed by atoms with van der Waals surface area (Å²) in [7, 11) is 2.90. The molecular weight excluding hydrogens is 420 g/mol. The van der Waals surface area contributed by atoms with E-state index in [2.05, 4.69) is 20.0 Å². The van der Waals surface area contributed by atoms with Gasteiger partial charge in [0.1, 0.15) is 14.2 Å². The van der Waals surface area contributed by atoms with Crippen LogP contribution in [0.4, 0.5) is 9.59 Å². The Kier molecular flexibility index (Phi) is 11.6. The fourth-order valence-electron chi connectivity index (χ4n) is 2.50. The Balaban J connectivity index is 0.000000311. The second-order valence-corrected chi connectivity index (χ2v) is 6.43. The van der Waals surface area contributed by atoms with Crippen molar-refractivity contribution in [2.24, 2.45) is 10.3 Å². The van der Waals surface area contributed by atoms with E-state index in [1.807, 2.05) is 12.2 Å². The van der Waals surface area contributed by atoms with Gasteiger partial charge in [-0.25, -0.2) is 9.59 Å². The molecule has 2 heterocycles. The molecule has 11 nitrogen and oxygen atoms in total. The third kappa shape index (κ3) is 9.92. The first-order chi connectivity index (χ1) is 14.4. The third-order valence-electron chi connectivity index (χ3n) is 3.84. The molecule has 2 aliphatic heterocycles. The van der Waals surface area contributed by atoms with Crippen LogP contribution in [-0.2, 0) is 19.2 Å². The molecule has 12 heteroatoms. The van der Waals surface area contributed by atoms with Crippen molar-refractivity contribution in [1.82, 2.24) is 9.80 Å². The van der Waals surface area contributed by atoms with E-state index < -0.39 is 24.0 Å². The summed E-state index contributed by atoms with van der Waals surface area (Å²) in [6, 6.07) is 0. The fraction of sp³-hybridized carbons (Fsp3) is 0.500. The lowest BCUT2D eigenvalue weighted by molar-refractivity contribution is -0.114. The minimum absolute atomic E-state index is 0.377. The van der Waals surface area contributed by atoms with Gasteiger partial charge in [-0.1, -0.05) is 22.5 Å². The number of carboxylic acid groups (broad SMARTS) is 1. The highest BCUT2D eigenvalue weighted by atomic mass is 35.5. The molecule has 2 amide bonds. The van der Waals surface area contributed by atoms with Gasteiger partial charge in [-0.05, 0) is 35.6 Å². The van der Waals surface area contributed by atoms with Crippen LogP contribution in [0.5, 0.6) is 0 Å². The molecule has 2 rings (SSSR count). The Morgan fingerprint density at radius 1 is 1.03 bits per heavy atom. The van der Waals surface area contributed by atoms with Crippen molar-refractivity contribution in [3.8, 4) is 0 Å². The van der Waals surface area contributed by atoms with Crippen molar-refractivity contribution in [3.63, 3.8) is 0 Å². The number of carbonyl (C=O) groups is 3. The van der Waals surface area contributed by atoms with Gasteiger partial charge in [0.15, 0.2) is 6.61 Å². The SMILES string of the molecule is CON=CC1=CCCN(C(=O)O)C1.CON=CC1=CCCN(C(=O)OCC(=O)Cl)C1. The summed E-state index contributed by atoms with van der Waals surface area (Å²) < 4.78 is 4.70. The molecule has 0 radical (unpaired) electrons. The van der Waals surface area contributed by atoms with Gasteiger partial charge in [0.2, 0.25) is 0 Å². The zero-order chi connectivity index (χ0) is 22.4. The van der Waals surface area contributed by atoms with E-state index >= 15 is 0 Å². The Bertz CT molecular complexity index is 721. The van der Waals surface area contributed by atoms with E-state index in [0.29, 0.717) is 32.6 Å². The number of halogens is 1. The molecule has 166 valence electrons. The molecule has 0 aromatic rings. The molecule has 2 aliphatic rings. The highest BCUT2D eigenvalue weighted by Gasteiger charge is 2.19. The minimum Gasteiger partial charge on any atom is -0.465 e. The maximum Gasteiger partial charge on any atom is 0.410 e. The summed E-state index contributed by atoms with van der Waals surface area (Å²) >= 11 is 5.07. The van der Waals surface area contributed by atoms with E-state index in [1.54, 1.807) is 0 Å². The number of amides is 2. The third-order valence-corrected chi connectivity index (χ3v) is 3.95. The van der Waals surface area contributed by atoms with E-state index in [0.717, 1.165) is 17.6 Å². The second kappa shape index (κ2) is 14.0.